The molecule has 3 nitrogen and oxygen atoms in total. The number of fused-ring (bicyclic) bond motifs is 1. The number of benzene rings is 3. The van der Waals surface area contributed by atoms with Crippen molar-refractivity contribution < 1.29 is 4.74 Å². The van der Waals surface area contributed by atoms with E-state index in [9.17, 15) is 0 Å². The lowest BCUT2D eigenvalue weighted by Gasteiger charge is -2.13. The third-order valence-electron chi connectivity index (χ3n) is 4.40. The van der Waals surface area contributed by atoms with Crippen LogP contribution in [0, 0.1) is 17.2 Å². The molecule has 3 heteroatoms. The Balaban J connectivity index is 1.81. The average Bonchev–Trinajstić information content (AvgIpc) is 2.67. The van der Waals surface area contributed by atoms with Crippen LogP contribution in [0.1, 0.15) is 31.4 Å². The van der Waals surface area contributed by atoms with E-state index >= 15 is 0 Å². The van der Waals surface area contributed by atoms with Crippen molar-refractivity contribution in [3.8, 4) is 17.6 Å². The van der Waals surface area contributed by atoms with Crippen LogP contribution in [0.2, 0.25) is 0 Å². The molecular formula is C23H24N2O. The van der Waals surface area contributed by atoms with Gasteiger partial charge in [-0.15, -0.1) is 0 Å². The maximum absolute atomic E-state index is 8.91. The molecule has 0 saturated heterocycles. The summed E-state index contributed by atoms with van der Waals surface area (Å²) >= 11 is 0. The smallest absolute Gasteiger partial charge is 0.135 e. The molecule has 0 heterocycles. The SMILES string of the molecule is CC(C)CCNCc1ccc(Oc2ccc(C#N)cc2)c2ccccc12. The van der Waals surface area contributed by atoms with Gasteiger partial charge in [0, 0.05) is 11.9 Å². The molecule has 0 radical (unpaired) electrons. The van der Waals surface area contributed by atoms with E-state index in [-0.39, 0.29) is 0 Å². The predicted molar refractivity (Wildman–Crippen MR) is 106 cm³/mol. The zero-order valence-corrected chi connectivity index (χ0v) is 15.3. The number of nitrogens with zero attached hydrogens (tertiary/aromatic N) is 1. The fourth-order valence-electron chi connectivity index (χ4n) is 2.92. The Morgan fingerprint density at radius 1 is 0.962 bits per heavy atom. The third kappa shape index (κ3) is 4.41. The van der Waals surface area contributed by atoms with E-state index < -0.39 is 0 Å². The largest absolute Gasteiger partial charge is 0.457 e. The zero-order valence-electron chi connectivity index (χ0n) is 15.3. The molecule has 0 amide bonds. The summed E-state index contributed by atoms with van der Waals surface area (Å²) in [6, 6.07) is 21.8. The van der Waals surface area contributed by atoms with E-state index in [4.69, 9.17) is 10.00 Å². The van der Waals surface area contributed by atoms with Gasteiger partial charge in [-0.25, -0.2) is 0 Å². The molecule has 132 valence electrons. The molecule has 0 aliphatic rings. The van der Waals surface area contributed by atoms with E-state index in [0.717, 1.165) is 30.0 Å². The first-order chi connectivity index (χ1) is 12.7. The molecule has 0 aliphatic carbocycles. The van der Waals surface area contributed by atoms with Crippen molar-refractivity contribution in [1.29, 1.82) is 5.26 Å². The lowest BCUT2D eigenvalue weighted by molar-refractivity contribution is 0.488. The molecule has 0 aromatic heterocycles. The van der Waals surface area contributed by atoms with Crippen LogP contribution in [-0.2, 0) is 6.54 Å². The normalized spacial score (nSPS) is 10.8. The van der Waals surface area contributed by atoms with Gasteiger partial charge >= 0.3 is 0 Å². The molecule has 3 aromatic carbocycles. The number of hydrogen-bond donors (Lipinski definition) is 1. The fraction of sp³-hybridized carbons (Fsp3) is 0.261. The Labute approximate surface area is 155 Å². The van der Waals surface area contributed by atoms with Gasteiger partial charge in [0.1, 0.15) is 11.5 Å². The van der Waals surface area contributed by atoms with Crippen molar-refractivity contribution in [3.63, 3.8) is 0 Å². The summed E-state index contributed by atoms with van der Waals surface area (Å²) in [7, 11) is 0. The van der Waals surface area contributed by atoms with Gasteiger partial charge in [-0.1, -0.05) is 44.2 Å². The average molecular weight is 344 g/mol. The summed E-state index contributed by atoms with van der Waals surface area (Å²) in [6.45, 7) is 6.36. The molecule has 0 aliphatic heterocycles. The standard InChI is InChI=1S/C23H24N2O/c1-17(2)13-14-25-16-19-9-12-23(22-6-4-3-5-21(19)22)26-20-10-7-18(15-24)8-11-20/h3-12,17,25H,13-14,16H2,1-2H3. The van der Waals surface area contributed by atoms with Gasteiger partial charge in [-0.3, -0.25) is 0 Å². The van der Waals surface area contributed by atoms with Crippen LogP contribution in [0.3, 0.4) is 0 Å². The van der Waals surface area contributed by atoms with Gasteiger partial charge in [-0.05, 0) is 60.2 Å². The highest BCUT2D eigenvalue weighted by Crippen LogP contribution is 2.32. The van der Waals surface area contributed by atoms with Crippen LogP contribution in [0.25, 0.3) is 10.8 Å². The van der Waals surface area contributed by atoms with E-state index in [2.05, 4.69) is 49.5 Å². The number of nitriles is 1. The predicted octanol–water partition coefficient (Wildman–Crippen LogP) is 5.64. The minimum absolute atomic E-state index is 0.630. The van der Waals surface area contributed by atoms with E-state index in [1.807, 2.05) is 24.3 Å². The van der Waals surface area contributed by atoms with Crippen LogP contribution in [0.5, 0.6) is 11.5 Å². The van der Waals surface area contributed by atoms with Crippen molar-refractivity contribution >= 4 is 10.8 Å². The summed E-state index contributed by atoms with van der Waals surface area (Å²) in [4.78, 5) is 0. The first-order valence-electron chi connectivity index (χ1n) is 9.06. The summed E-state index contributed by atoms with van der Waals surface area (Å²) in [5, 5.41) is 14.7. The Hall–Kier alpha value is -2.83. The van der Waals surface area contributed by atoms with Gasteiger partial charge in [0.25, 0.3) is 0 Å². The highest BCUT2D eigenvalue weighted by atomic mass is 16.5. The molecule has 26 heavy (non-hydrogen) atoms. The van der Waals surface area contributed by atoms with Crippen molar-refractivity contribution in [3.05, 3.63) is 71.8 Å². The Bertz CT molecular complexity index is 908. The van der Waals surface area contributed by atoms with E-state index in [1.165, 1.54) is 17.4 Å². The van der Waals surface area contributed by atoms with Gasteiger partial charge in [0.15, 0.2) is 0 Å². The lowest BCUT2D eigenvalue weighted by Crippen LogP contribution is -2.16. The number of ether oxygens (including phenoxy) is 1. The monoisotopic (exact) mass is 344 g/mol. The Morgan fingerprint density at radius 2 is 1.69 bits per heavy atom. The van der Waals surface area contributed by atoms with Gasteiger partial charge in [0.2, 0.25) is 0 Å². The summed E-state index contributed by atoms with van der Waals surface area (Å²) in [5.74, 6) is 2.27. The van der Waals surface area contributed by atoms with Crippen LogP contribution >= 0.6 is 0 Å². The summed E-state index contributed by atoms with van der Waals surface area (Å²) in [6.07, 6.45) is 1.18. The molecule has 1 N–H and O–H groups in total. The summed E-state index contributed by atoms with van der Waals surface area (Å²) in [5.41, 5.74) is 1.90. The fourth-order valence-corrected chi connectivity index (χ4v) is 2.92. The highest BCUT2D eigenvalue weighted by molar-refractivity contribution is 5.91. The maximum atomic E-state index is 8.91. The molecule has 0 saturated carbocycles. The highest BCUT2D eigenvalue weighted by Gasteiger charge is 2.08. The van der Waals surface area contributed by atoms with Crippen molar-refractivity contribution in [2.24, 2.45) is 5.92 Å². The zero-order chi connectivity index (χ0) is 18.4. The molecular weight excluding hydrogens is 320 g/mol. The minimum Gasteiger partial charge on any atom is -0.457 e. The van der Waals surface area contributed by atoms with Crippen LogP contribution in [0.15, 0.2) is 60.7 Å². The Morgan fingerprint density at radius 3 is 2.38 bits per heavy atom. The molecule has 0 spiro atoms. The molecule has 0 fully saturated rings. The van der Waals surface area contributed by atoms with Crippen LogP contribution in [0.4, 0.5) is 0 Å². The molecule has 3 rings (SSSR count). The van der Waals surface area contributed by atoms with Gasteiger partial charge < -0.3 is 10.1 Å². The molecule has 3 aromatic rings. The number of rotatable bonds is 7. The minimum atomic E-state index is 0.630. The van der Waals surface area contributed by atoms with Crippen LogP contribution < -0.4 is 10.1 Å². The second-order valence-corrected chi connectivity index (χ2v) is 6.87. The van der Waals surface area contributed by atoms with Crippen LogP contribution in [-0.4, -0.2) is 6.54 Å². The number of hydrogen-bond acceptors (Lipinski definition) is 3. The third-order valence-corrected chi connectivity index (χ3v) is 4.40. The second-order valence-electron chi connectivity index (χ2n) is 6.87. The molecule has 0 bridgehead atoms. The van der Waals surface area contributed by atoms with Gasteiger partial charge in [-0.2, -0.15) is 5.26 Å². The number of nitrogens with one attached hydrogen (secondary N) is 1. The van der Waals surface area contributed by atoms with Crippen molar-refractivity contribution in [2.45, 2.75) is 26.8 Å². The Kier molecular flexibility index (Phi) is 5.88. The second kappa shape index (κ2) is 8.51. The van der Waals surface area contributed by atoms with Gasteiger partial charge in [0.05, 0.1) is 11.6 Å². The van der Waals surface area contributed by atoms with Crippen molar-refractivity contribution in [1.82, 2.24) is 5.32 Å². The topological polar surface area (TPSA) is 45.0 Å². The quantitative estimate of drug-likeness (QED) is 0.564. The molecule has 0 atom stereocenters. The van der Waals surface area contributed by atoms with E-state index in [0.29, 0.717) is 11.5 Å². The molecule has 0 unspecified atom stereocenters. The van der Waals surface area contributed by atoms with E-state index in [1.54, 1.807) is 12.1 Å². The van der Waals surface area contributed by atoms with Crippen molar-refractivity contribution in [2.75, 3.05) is 6.54 Å². The first-order valence-corrected chi connectivity index (χ1v) is 9.06. The maximum Gasteiger partial charge on any atom is 0.135 e. The summed E-state index contributed by atoms with van der Waals surface area (Å²) < 4.78 is 6.07. The lowest BCUT2D eigenvalue weighted by atomic mass is 10.0. The first kappa shape index (κ1) is 18.0.